The molecule has 1 rings (SSSR count). The molecule has 2 nitrogen and oxygen atoms in total. The van der Waals surface area contributed by atoms with Crippen LogP contribution < -0.4 is 5.32 Å². The minimum absolute atomic E-state index is 0.206. The second-order valence-corrected chi connectivity index (χ2v) is 6.19. The molecular weight excluding hydrogens is 222 g/mol. The summed E-state index contributed by atoms with van der Waals surface area (Å²) in [4.78, 5) is 0. The lowest BCUT2D eigenvalue weighted by Gasteiger charge is -2.35. The molecule has 0 aliphatic heterocycles. The minimum Gasteiger partial charge on any atom is -0.508 e. The van der Waals surface area contributed by atoms with Gasteiger partial charge in [0.05, 0.1) is 0 Å². The van der Waals surface area contributed by atoms with E-state index >= 15 is 0 Å². The van der Waals surface area contributed by atoms with Crippen LogP contribution in [0.5, 0.6) is 5.75 Å². The van der Waals surface area contributed by atoms with E-state index in [2.05, 4.69) is 46.0 Å². The summed E-state index contributed by atoms with van der Waals surface area (Å²) in [7, 11) is 0. The van der Waals surface area contributed by atoms with E-state index in [1.165, 1.54) is 5.56 Å². The van der Waals surface area contributed by atoms with E-state index in [4.69, 9.17) is 0 Å². The molecule has 18 heavy (non-hydrogen) atoms. The summed E-state index contributed by atoms with van der Waals surface area (Å²) in [6.07, 6.45) is 0.985. The third-order valence-electron chi connectivity index (χ3n) is 3.83. The molecule has 0 saturated heterocycles. The number of rotatable bonds is 6. The second-order valence-electron chi connectivity index (χ2n) is 6.19. The quantitative estimate of drug-likeness (QED) is 0.807. The Hall–Kier alpha value is -1.02. The standard InChI is InChI=1S/C16H27NO/c1-12(2)16(5,11-17-13(3)4)10-14-7-6-8-15(18)9-14/h6-9,12-13,17-18H,10-11H2,1-5H3. The predicted octanol–water partition coefficient (Wildman–Crippen LogP) is 3.60. The molecule has 1 atom stereocenters. The van der Waals surface area contributed by atoms with E-state index in [-0.39, 0.29) is 5.41 Å². The van der Waals surface area contributed by atoms with Gasteiger partial charge >= 0.3 is 0 Å². The summed E-state index contributed by atoms with van der Waals surface area (Å²) in [5, 5.41) is 13.1. The average molecular weight is 249 g/mol. The molecule has 1 aromatic carbocycles. The first-order valence-corrected chi connectivity index (χ1v) is 6.85. The maximum atomic E-state index is 9.55. The highest BCUT2D eigenvalue weighted by molar-refractivity contribution is 5.28. The molecule has 0 saturated carbocycles. The van der Waals surface area contributed by atoms with Crippen LogP contribution in [-0.2, 0) is 6.42 Å². The van der Waals surface area contributed by atoms with Gasteiger partial charge in [-0.25, -0.2) is 0 Å². The Morgan fingerprint density at radius 3 is 2.39 bits per heavy atom. The van der Waals surface area contributed by atoms with Gasteiger partial charge in [-0.3, -0.25) is 0 Å². The van der Waals surface area contributed by atoms with Crippen molar-refractivity contribution in [3.05, 3.63) is 29.8 Å². The highest BCUT2D eigenvalue weighted by Crippen LogP contribution is 2.31. The number of aromatic hydroxyl groups is 1. The summed E-state index contributed by atoms with van der Waals surface area (Å²) in [5.41, 5.74) is 1.41. The Morgan fingerprint density at radius 1 is 1.22 bits per heavy atom. The van der Waals surface area contributed by atoms with Crippen molar-refractivity contribution in [2.45, 2.75) is 47.1 Å². The highest BCUT2D eigenvalue weighted by Gasteiger charge is 2.28. The third kappa shape index (κ3) is 4.34. The van der Waals surface area contributed by atoms with E-state index in [1.807, 2.05) is 12.1 Å². The van der Waals surface area contributed by atoms with E-state index in [9.17, 15) is 5.11 Å². The SMILES string of the molecule is CC(C)NCC(C)(Cc1cccc(O)c1)C(C)C. The predicted molar refractivity (Wildman–Crippen MR) is 77.9 cm³/mol. The van der Waals surface area contributed by atoms with Crippen LogP contribution in [-0.4, -0.2) is 17.7 Å². The Bertz CT molecular complexity index is 373. The molecule has 0 aliphatic rings. The zero-order valence-corrected chi connectivity index (χ0v) is 12.3. The summed E-state index contributed by atoms with van der Waals surface area (Å²) >= 11 is 0. The highest BCUT2D eigenvalue weighted by atomic mass is 16.3. The Labute approximate surface area is 111 Å². The van der Waals surface area contributed by atoms with Crippen molar-refractivity contribution in [1.29, 1.82) is 0 Å². The fourth-order valence-corrected chi connectivity index (χ4v) is 2.04. The first-order valence-electron chi connectivity index (χ1n) is 6.85. The molecule has 0 aromatic heterocycles. The van der Waals surface area contributed by atoms with Gasteiger partial charge in [0.15, 0.2) is 0 Å². The Balaban J connectivity index is 2.79. The van der Waals surface area contributed by atoms with Gasteiger partial charge in [-0.1, -0.05) is 46.8 Å². The molecule has 0 fully saturated rings. The zero-order valence-electron chi connectivity index (χ0n) is 12.3. The molecular formula is C16H27NO. The summed E-state index contributed by atoms with van der Waals surface area (Å²) in [6.45, 7) is 12.2. The van der Waals surface area contributed by atoms with Crippen LogP contribution in [0.25, 0.3) is 0 Å². The van der Waals surface area contributed by atoms with Crippen LogP contribution in [0.4, 0.5) is 0 Å². The molecule has 0 radical (unpaired) electrons. The maximum absolute atomic E-state index is 9.55. The lowest BCUT2D eigenvalue weighted by Crippen LogP contribution is -2.40. The van der Waals surface area contributed by atoms with E-state index in [0.717, 1.165) is 13.0 Å². The maximum Gasteiger partial charge on any atom is 0.115 e. The lowest BCUT2D eigenvalue weighted by molar-refractivity contribution is 0.202. The van der Waals surface area contributed by atoms with Gasteiger partial charge in [-0.2, -0.15) is 0 Å². The van der Waals surface area contributed by atoms with Crippen LogP contribution in [0.3, 0.4) is 0 Å². The van der Waals surface area contributed by atoms with Gasteiger partial charge in [0.25, 0.3) is 0 Å². The van der Waals surface area contributed by atoms with Crippen LogP contribution in [0.1, 0.15) is 40.2 Å². The molecule has 2 N–H and O–H groups in total. The Morgan fingerprint density at radius 2 is 1.89 bits per heavy atom. The van der Waals surface area contributed by atoms with Crippen LogP contribution in [0.2, 0.25) is 0 Å². The molecule has 0 aliphatic carbocycles. The lowest BCUT2D eigenvalue weighted by atomic mass is 9.74. The van der Waals surface area contributed by atoms with Crippen LogP contribution in [0, 0.1) is 11.3 Å². The first-order chi connectivity index (χ1) is 8.33. The van der Waals surface area contributed by atoms with Gasteiger partial charge in [0.1, 0.15) is 5.75 Å². The Kier molecular flexibility index (Phi) is 5.21. The molecule has 0 bridgehead atoms. The normalized spacial score (nSPS) is 15.1. The van der Waals surface area contributed by atoms with Crippen molar-refractivity contribution in [2.75, 3.05) is 6.54 Å². The van der Waals surface area contributed by atoms with Crippen LogP contribution >= 0.6 is 0 Å². The topological polar surface area (TPSA) is 32.3 Å². The van der Waals surface area contributed by atoms with Crippen LogP contribution in [0.15, 0.2) is 24.3 Å². The van der Waals surface area contributed by atoms with E-state index < -0.39 is 0 Å². The third-order valence-corrected chi connectivity index (χ3v) is 3.83. The van der Waals surface area contributed by atoms with Gasteiger partial charge in [-0.05, 0) is 35.4 Å². The largest absolute Gasteiger partial charge is 0.508 e. The molecule has 2 heteroatoms. The summed E-state index contributed by atoms with van der Waals surface area (Å²) in [6, 6.07) is 8.11. The minimum atomic E-state index is 0.206. The molecule has 1 unspecified atom stereocenters. The van der Waals surface area contributed by atoms with E-state index in [0.29, 0.717) is 17.7 Å². The summed E-state index contributed by atoms with van der Waals surface area (Å²) in [5.74, 6) is 0.946. The van der Waals surface area contributed by atoms with Crippen molar-refractivity contribution >= 4 is 0 Å². The zero-order chi connectivity index (χ0) is 13.8. The number of nitrogens with one attached hydrogen (secondary N) is 1. The second kappa shape index (κ2) is 6.24. The van der Waals surface area contributed by atoms with Crippen molar-refractivity contribution in [1.82, 2.24) is 5.32 Å². The number of phenols is 1. The number of hydrogen-bond acceptors (Lipinski definition) is 2. The van der Waals surface area contributed by atoms with Gasteiger partial charge in [0, 0.05) is 12.6 Å². The fourth-order valence-electron chi connectivity index (χ4n) is 2.04. The molecule has 1 aromatic rings. The monoisotopic (exact) mass is 249 g/mol. The van der Waals surface area contributed by atoms with Crippen molar-refractivity contribution in [3.63, 3.8) is 0 Å². The number of benzene rings is 1. The molecule has 0 heterocycles. The molecule has 0 spiro atoms. The van der Waals surface area contributed by atoms with E-state index in [1.54, 1.807) is 6.07 Å². The molecule has 102 valence electrons. The number of phenolic OH excluding ortho intramolecular Hbond substituents is 1. The first kappa shape index (κ1) is 15.0. The number of hydrogen-bond donors (Lipinski definition) is 2. The summed E-state index contributed by atoms with van der Waals surface area (Å²) < 4.78 is 0. The van der Waals surface area contributed by atoms with Crippen molar-refractivity contribution in [3.8, 4) is 5.75 Å². The smallest absolute Gasteiger partial charge is 0.115 e. The average Bonchev–Trinajstić information content (AvgIpc) is 2.26. The van der Waals surface area contributed by atoms with Gasteiger partial charge < -0.3 is 10.4 Å². The van der Waals surface area contributed by atoms with Gasteiger partial charge in [0.2, 0.25) is 0 Å². The van der Waals surface area contributed by atoms with Crippen molar-refractivity contribution in [2.24, 2.45) is 11.3 Å². The fraction of sp³-hybridized carbons (Fsp3) is 0.625. The van der Waals surface area contributed by atoms with Crippen molar-refractivity contribution < 1.29 is 5.11 Å². The molecule has 0 amide bonds. The van der Waals surface area contributed by atoms with Gasteiger partial charge in [-0.15, -0.1) is 0 Å².